The normalized spacial score (nSPS) is 15.1. The lowest BCUT2D eigenvalue weighted by atomic mass is 10.0. The largest absolute Gasteiger partial charge is 0.494 e. The van der Waals surface area contributed by atoms with Gasteiger partial charge in [0.15, 0.2) is 5.78 Å². The molecule has 0 spiro atoms. The topological polar surface area (TPSA) is 26.3 Å². The zero-order valence-corrected chi connectivity index (χ0v) is 9.25. The zero-order chi connectivity index (χ0) is 10.8. The van der Waals surface area contributed by atoms with Crippen LogP contribution >= 0.6 is 0 Å². The third-order valence-corrected chi connectivity index (χ3v) is 2.73. The van der Waals surface area contributed by atoms with Gasteiger partial charge in [-0.15, -0.1) is 0 Å². The number of benzene rings is 1. The molecule has 80 valence electrons. The number of rotatable bonds is 4. The van der Waals surface area contributed by atoms with E-state index in [1.54, 1.807) is 0 Å². The molecule has 1 aliphatic carbocycles. The van der Waals surface area contributed by atoms with E-state index in [1.807, 2.05) is 32.0 Å². The molecule has 15 heavy (non-hydrogen) atoms. The van der Waals surface area contributed by atoms with Crippen molar-refractivity contribution in [2.24, 2.45) is 5.92 Å². The molecule has 0 radical (unpaired) electrons. The summed E-state index contributed by atoms with van der Waals surface area (Å²) in [5, 5.41) is 0. The highest BCUT2D eigenvalue weighted by molar-refractivity contribution is 6.00. The van der Waals surface area contributed by atoms with E-state index in [9.17, 15) is 4.79 Å². The Labute approximate surface area is 90.3 Å². The van der Waals surface area contributed by atoms with Gasteiger partial charge < -0.3 is 4.74 Å². The van der Waals surface area contributed by atoms with Gasteiger partial charge in [0.2, 0.25) is 0 Å². The van der Waals surface area contributed by atoms with Gasteiger partial charge in [-0.25, -0.2) is 0 Å². The molecule has 0 aromatic heterocycles. The Bertz CT molecular complexity index is 378. The van der Waals surface area contributed by atoms with Crippen molar-refractivity contribution in [3.05, 3.63) is 29.3 Å². The van der Waals surface area contributed by atoms with E-state index in [4.69, 9.17) is 4.74 Å². The highest BCUT2D eigenvalue weighted by atomic mass is 16.5. The van der Waals surface area contributed by atoms with E-state index in [0.717, 1.165) is 29.7 Å². The van der Waals surface area contributed by atoms with E-state index in [-0.39, 0.29) is 11.7 Å². The maximum absolute atomic E-state index is 11.9. The summed E-state index contributed by atoms with van der Waals surface area (Å²) in [6, 6.07) is 5.75. The molecule has 0 N–H and O–H groups in total. The van der Waals surface area contributed by atoms with Crippen LogP contribution in [0.4, 0.5) is 0 Å². The highest BCUT2D eigenvalue weighted by Crippen LogP contribution is 2.34. The van der Waals surface area contributed by atoms with E-state index in [2.05, 4.69) is 0 Å². The summed E-state index contributed by atoms with van der Waals surface area (Å²) in [7, 11) is 0. The molecule has 1 aliphatic rings. The molecule has 2 heteroatoms. The molecule has 1 saturated carbocycles. The van der Waals surface area contributed by atoms with Gasteiger partial charge >= 0.3 is 0 Å². The van der Waals surface area contributed by atoms with Crippen molar-refractivity contribution in [3.8, 4) is 5.75 Å². The van der Waals surface area contributed by atoms with Gasteiger partial charge in [0.25, 0.3) is 0 Å². The molecule has 1 fully saturated rings. The minimum Gasteiger partial charge on any atom is -0.494 e. The Morgan fingerprint density at radius 3 is 2.80 bits per heavy atom. The number of hydrogen-bond donors (Lipinski definition) is 0. The predicted octanol–water partition coefficient (Wildman–Crippen LogP) is 2.99. The van der Waals surface area contributed by atoms with Crippen LogP contribution in [0.25, 0.3) is 0 Å². The summed E-state index contributed by atoms with van der Waals surface area (Å²) < 4.78 is 5.40. The van der Waals surface area contributed by atoms with Gasteiger partial charge in [0.1, 0.15) is 5.75 Å². The SMILES string of the molecule is CCOc1ccc(C)c(C(=O)C2CC2)c1. The Balaban J connectivity index is 2.27. The molecule has 0 amide bonds. The number of Topliss-reactive ketones (excluding diaryl/α,β-unsaturated/α-hetero) is 1. The number of ether oxygens (including phenoxy) is 1. The predicted molar refractivity (Wildman–Crippen MR) is 59.4 cm³/mol. The summed E-state index contributed by atoms with van der Waals surface area (Å²) >= 11 is 0. The maximum atomic E-state index is 11.9. The molecule has 0 atom stereocenters. The molecule has 0 heterocycles. The first-order valence-corrected chi connectivity index (χ1v) is 5.50. The molecule has 2 nitrogen and oxygen atoms in total. The number of carbonyl (C=O) groups is 1. The van der Waals surface area contributed by atoms with Crippen LogP contribution < -0.4 is 4.74 Å². The monoisotopic (exact) mass is 204 g/mol. The first-order valence-electron chi connectivity index (χ1n) is 5.50. The van der Waals surface area contributed by atoms with Crippen LogP contribution in [0, 0.1) is 12.8 Å². The van der Waals surface area contributed by atoms with Crippen molar-refractivity contribution >= 4 is 5.78 Å². The fourth-order valence-corrected chi connectivity index (χ4v) is 1.69. The Morgan fingerprint density at radius 1 is 1.47 bits per heavy atom. The second-order valence-electron chi connectivity index (χ2n) is 4.05. The summed E-state index contributed by atoms with van der Waals surface area (Å²) in [6.45, 7) is 4.56. The number of ketones is 1. The molecule has 0 saturated heterocycles. The van der Waals surface area contributed by atoms with Crippen LogP contribution in [-0.2, 0) is 0 Å². The fraction of sp³-hybridized carbons (Fsp3) is 0.462. The molecular weight excluding hydrogens is 188 g/mol. The minimum atomic E-state index is 0.278. The van der Waals surface area contributed by atoms with Crippen LogP contribution in [-0.4, -0.2) is 12.4 Å². The summed E-state index contributed by atoms with van der Waals surface area (Å²) in [5.41, 5.74) is 1.89. The van der Waals surface area contributed by atoms with E-state index in [0.29, 0.717) is 6.61 Å². The number of carbonyl (C=O) groups excluding carboxylic acids is 1. The highest BCUT2D eigenvalue weighted by Gasteiger charge is 2.31. The van der Waals surface area contributed by atoms with Gasteiger partial charge in [-0.05, 0) is 44.4 Å². The molecule has 0 unspecified atom stereocenters. The summed E-state index contributed by atoms with van der Waals surface area (Å²) in [6.07, 6.45) is 2.11. The van der Waals surface area contributed by atoms with Gasteiger partial charge in [-0.2, -0.15) is 0 Å². The first kappa shape index (κ1) is 10.2. The zero-order valence-electron chi connectivity index (χ0n) is 9.25. The van der Waals surface area contributed by atoms with Gasteiger partial charge in [-0.3, -0.25) is 4.79 Å². The van der Waals surface area contributed by atoms with Gasteiger partial charge in [-0.1, -0.05) is 6.07 Å². The van der Waals surface area contributed by atoms with Crippen LogP contribution in [0.15, 0.2) is 18.2 Å². The van der Waals surface area contributed by atoms with Crippen molar-refractivity contribution < 1.29 is 9.53 Å². The second-order valence-corrected chi connectivity index (χ2v) is 4.05. The van der Waals surface area contributed by atoms with Gasteiger partial charge in [0.05, 0.1) is 6.61 Å². The van der Waals surface area contributed by atoms with Crippen LogP contribution in [0.2, 0.25) is 0 Å². The van der Waals surface area contributed by atoms with E-state index >= 15 is 0 Å². The van der Waals surface area contributed by atoms with Crippen LogP contribution in [0.1, 0.15) is 35.7 Å². The average Bonchev–Trinajstić information content (AvgIpc) is 3.04. The van der Waals surface area contributed by atoms with Crippen LogP contribution in [0.3, 0.4) is 0 Å². The first-order chi connectivity index (χ1) is 7.22. The molecule has 1 aromatic rings. The van der Waals surface area contributed by atoms with E-state index < -0.39 is 0 Å². The van der Waals surface area contributed by atoms with Crippen molar-refractivity contribution in [2.75, 3.05) is 6.61 Å². The number of aryl methyl sites for hydroxylation is 1. The Hall–Kier alpha value is -1.31. The molecule has 1 aromatic carbocycles. The Kier molecular flexibility index (Phi) is 2.76. The van der Waals surface area contributed by atoms with Crippen LogP contribution in [0.5, 0.6) is 5.75 Å². The molecule has 0 aliphatic heterocycles. The van der Waals surface area contributed by atoms with Crippen molar-refractivity contribution in [3.63, 3.8) is 0 Å². The number of hydrogen-bond acceptors (Lipinski definition) is 2. The van der Waals surface area contributed by atoms with Crippen molar-refractivity contribution in [1.82, 2.24) is 0 Å². The fourth-order valence-electron chi connectivity index (χ4n) is 1.69. The summed E-state index contributed by atoms with van der Waals surface area (Å²) in [5.74, 6) is 1.36. The molecule has 2 rings (SSSR count). The van der Waals surface area contributed by atoms with E-state index in [1.165, 1.54) is 0 Å². The third-order valence-electron chi connectivity index (χ3n) is 2.73. The third kappa shape index (κ3) is 2.20. The van der Waals surface area contributed by atoms with Gasteiger partial charge in [0, 0.05) is 11.5 Å². The van der Waals surface area contributed by atoms with Crippen molar-refractivity contribution in [2.45, 2.75) is 26.7 Å². The quantitative estimate of drug-likeness (QED) is 0.705. The maximum Gasteiger partial charge on any atom is 0.166 e. The lowest BCUT2D eigenvalue weighted by Gasteiger charge is -2.08. The lowest BCUT2D eigenvalue weighted by Crippen LogP contribution is -2.04. The summed E-state index contributed by atoms with van der Waals surface area (Å²) in [4.78, 5) is 11.9. The lowest BCUT2D eigenvalue weighted by molar-refractivity contribution is 0.0966. The standard InChI is InChI=1S/C13H16O2/c1-3-15-11-7-4-9(2)12(8-11)13(14)10-5-6-10/h4,7-8,10H,3,5-6H2,1-2H3. The smallest absolute Gasteiger partial charge is 0.166 e. The molecule has 0 bridgehead atoms. The van der Waals surface area contributed by atoms with Crippen molar-refractivity contribution in [1.29, 1.82) is 0 Å². The second kappa shape index (κ2) is 4.05. The Morgan fingerprint density at radius 2 is 2.20 bits per heavy atom. The minimum absolute atomic E-state index is 0.278. The molecular formula is C13H16O2. The average molecular weight is 204 g/mol.